The lowest BCUT2D eigenvalue weighted by atomic mass is 10.0. The molecule has 2 amide bonds. The van der Waals surface area contributed by atoms with Crippen LogP contribution in [0.1, 0.15) is 16.8 Å². The molecular weight excluding hydrogens is 418 g/mol. The van der Waals surface area contributed by atoms with E-state index in [-0.39, 0.29) is 12.0 Å². The molecular formula is C21H22ClN7O2. The second-order valence-electron chi connectivity index (χ2n) is 7.56. The highest BCUT2D eigenvalue weighted by Crippen LogP contribution is 2.45. The van der Waals surface area contributed by atoms with Gasteiger partial charge in [0.2, 0.25) is 0 Å². The van der Waals surface area contributed by atoms with Crippen molar-refractivity contribution in [1.82, 2.24) is 20.2 Å². The first-order valence-corrected chi connectivity index (χ1v) is 10.6. The van der Waals surface area contributed by atoms with E-state index >= 15 is 0 Å². The van der Waals surface area contributed by atoms with Crippen molar-refractivity contribution in [3.63, 3.8) is 0 Å². The lowest BCUT2D eigenvalue weighted by molar-refractivity contribution is 0.257. The van der Waals surface area contributed by atoms with Gasteiger partial charge in [-0.2, -0.15) is 4.98 Å². The van der Waals surface area contributed by atoms with E-state index in [1.54, 1.807) is 12.0 Å². The molecule has 9 nitrogen and oxygen atoms in total. The molecule has 2 bridgehead atoms. The van der Waals surface area contributed by atoms with E-state index in [0.29, 0.717) is 23.9 Å². The Hall–Kier alpha value is -3.33. The van der Waals surface area contributed by atoms with Crippen molar-refractivity contribution >= 4 is 40.8 Å². The van der Waals surface area contributed by atoms with Gasteiger partial charge < -0.3 is 9.64 Å². The van der Waals surface area contributed by atoms with Crippen molar-refractivity contribution in [2.75, 3.05) is 41.2 Å². The molecule has 2 N–H and O–H groups in total. The maximum absolute atomic E-state index is 12.9. The van der Waals surface area contributed by atoms with Crippen molar-refractivity contribution in [3.05, 3.63) is 35.0 Å². The van der Waals surface area contributed by atoms with E-state index in [2.05, 4.69) is 38.4 Å². The number of alkyl halides is 1. The average Bonchev–Trinajstić information content (AvgIpc) is 3.38. The number of benzene rings is 1. The van der Waals surface area contributed by atoms with Crippen molar-refractivity contribution < 1.29 is 9.53 Å². The number of carbonyl (C=O) groups excluding carboxylic acids is 1. The van der Waals surface area contributed by atoms with Crippen LogP contribution in [-0.2, 0) is 6.42 Å². The molecule has 2 aliphatic heterocycles. The van der Waals surface area contributed by atoms with Crippen LogP contribution in [0.5, 0.6) is 5.75 Å². The van der Waals surface area contributed by atoms with Crippen LogP contribution in [0.15, 0.2) is 18.2 Å². The Kier molecular flexibility index (Phi) is 4.70. The molecule has 0 unspecified atom stereocenters. The number of urea groups is 1. The van der Waals surface area contributed by atoms with Gasteiger partial charge in [0.25, 0.3) is 5.95 Å². The van der Waals surface area contributed by atoms with Crippen molar-refractivity contribution in [2.24, 2.45) is 0 Å². The minimum atomic E-state index is -0.321. The Morgan fingerprint density at radius 2 is 2.10 bits per heavy atom. The Balaban J connectivity index is 1.71. The molecule has 1 aromatic carbocycles. The number of amides is 2. The molecule has 10 heteroatoms. The SMILES string of the molecule is COc1ccc(N2CCc3c2nc(C)c2c3-c3nc(n[nH]3)NC(=O)N2CCCl)c(C)c1. The summed E-state index contributed by atoms with van der Waals surface area (Å²) in [6.07, 6.45) is 0.767. The summed E-state index contributed by atoms with van der Waals surface area (Å²) in [6.45, 7) is 5.09. The molecule has 160 valence electrons. The van der Waals surface area contributed by atoms with E-state index in [9.17, 15) is 4.79 Å². The zero-order valence-electron chi connectivity index (χ0n) is 17.5. The molecule has 0 aliphatic carbocycles. The number of pyridine rings is 1. The summed E-state index contributed by atoms with van der Waals surface area (Å²) in [5.41, 5.74) is 5.51. The summed E-state index contributed by atoms with van der Waals surface area (Å²) in [4.78, 5) is 26.1. The van der Waals surface area contributed by atoms with Gasteiger partial charge >= 0.3 is 6.03 Å². The molecule has 0 saturated heterocycles. The van der Waals surface area contributed by atoms with Gasteiger partial charge in [0.15, 0.2) is 5.82 Å². The van der Waals surface area contributed by atoms with E-state index in [0.717, 1.165) is 52.6 Å². The van der Waals surface area contributed by atoms with Crippen LogP contribution in [0, 0.1) is 13.8 Å². The third kappa shape index (κ3) is 3.07. The molecule has 0 saturated carbocycles. The number of aromatic amines is 1. The van der Waals surface area contributed by atoms with Crippen LogP contribution in [0.4, 0.5) is 27.9 Å². The second-order valence-corrected chi connectivity index (χ2v) is 7.93. The minimum Gasteiger partial charge on any atom is -0.497 e. The first-order chi connectivity index (χ1) is 15.0. The first kappa shape index (κ1) is 19.6. The lowest BCUT2D eigenvalue weighted by Gasteiger charge is -2.28. The number of rotatable bonds is 4. The summed E-state index contributed by atoms with van der Waals surface area (Å²) >= 11 is 6.03. The summed E-state index contributed by atoms with van der Waals surface area (Å²) < 4.78 is 5.35. The fraction of sp³-hybridized carbons (Fsp3) is 0.333. The molecule has 2 aliphatic rings. The lowest BCUT2D eigenvalue weighted by Crippen LogP contribution is -2.38. The van der Waals surface area contributed by atoms with Gasteiger partial charge in [-0.05, 0) is 44.0 Å². The van der Waals surface area contributed by atoms with Gasteiger partial charge in [0.05, 0.1) is 24.1 Å². The van der Waals surface area contributed by atoms with E-state index in [1.165, 1.54) is 0 Å². The summed E-state index contributed by atoms with van der Waals surface area (Å²) in [7, 11) is 1.66. The second kappa shape index (κ2) is 7.42. The normalized spacial score (nSPS) is 14.6. The Labute approximate surface area is 184 Å². The molecule has 3 aromatic rings. The summed E-state index contributed by atoms with van der Waals surface area (Å²) in [5, 5.41) is 9.84. The van der Waals surface area contributed by atoms with Gasteiger partial charge in [-0.15, -0.1) is 16.7 Å². The zero-order valence-corrected chi connectivity index (χ0v) is 18.2. The zero-order chi connectivity index (χ0) is 21.7. The number of anilines is 4. The first-order valence-electron chi connectivity index (χ1n) is 10.0. The highest BCUT2D eigenvalue weighted by Gasteiger charge is 2.35. The predicted octanol–water partition coefficient (Wildman–Crippen LogP) is 3.78. The van der Waals surface area contributed by atoms with Gasteiger partial charge in [-0.25, -0.2) is 9.78 Å². The Bertz CT molecular complexity index is 1190. The quantitative estimate of drug-likeness (QED) is 0.600. The highest BCUT2D eigenvalue weighted by atomic mass is 35.5. The van der Waals surface area contributed by atoms with Crippen LogP contribution in [0.3, 0.4) is 0 Å². The molecule has 5 rings (SSSR count). The average molecular weight is 440 g/mol. The number of nitrogens with one attached hydrogen (secondary N) is 2. The molecule has 0 atom stereocenters. The van der Waals surface area contributed by atoms with Crippen LogP contribution in [0.25, 0.3) is 11.4 Å². The molecule has 0 spiro atoms. The molecule has 2 aromatic heterocycles. The maximum atomic E-state index is 12.9. The number of hydrogen-bond acceptors (Lipinski definition) is 6. The number of aryl methyl sites for hydroxylation is 2. The standard InChI is InChI=1S/C21H22ClN7O2/c1-11-10-13(31-3)4-5-15(11)28-8-6-14-16-17(12(2)23-19(14)28)29(9-7-22)21(30)25-20-24-18(16)26-27-20/h4-5,10H,6-9H2,1-3H3,(H2,24,25,26,27,30). The van der Waals surface area contributed by atoms with E-state index in [1.807, 2.05) is 19.1 Å². The fourth-order valence-electron chi connectivity index (χ4n) is 4.37. The van der Waals surface area contributed by atoms with Gasteiger partial charge in [0, 0.05) is 30.2 Å². The number of carbonyl (C=O) groups is 1. The Morgan fingerprint density at radius 1 is 1.26 bits per heavy atom. The van der Waals surface area contributed by atoms with Crippen LogP contribution in [-0.4, -0.2) is 52.3 Å². The van der Waals surface area contributed by atoms with E-state index < -0.39 is 0 Å². The van der Waals surface area contributed by atoms with Gasteiger partial charge in [0.1, 0.15) is 11.6 Å². The number of aromatic nitrogens is 4. The fourth-order valence-corrected chi connectivity index (χ4v) is 4.54. The van der Waals surface area contributed by atoms with Crippen molar-refractivity contribution in [3.8, 4) is 17.1 Å². The number of hydrogen-bond donors (Lipinski definition) is 2. The third-order valence-electron chi connectivity index (χ3n) is 5.72. The summed E-state index contributed by atoms with van der Waals surface area (Å²) in [5.74, 6) is 2.84. The largest absolute Gasteiger partial charge is 0.497 e. The smallest absolute Gasteiger partial charge is 0.328 e. The summed E-state index contributed by atoms with van der Waals surface area (Å²) in [6, 6.07) is 5.70. The molecule has 31 heavy (non-hydrogen) atoms. The number of fused-ring (bicyclic) bond motifs is 6. The monoisotopic (exact) mass is 439 g/mol. The van der Waals surface area contributed by atoms with E-state index in [4.69, 9.17) is 21.3 Å². The van der Waals surface area contributed by atoms with Crippen LogP contribution in [0.2, 0.25) is 0 Å². The number of nitrogens with zero attached hydrogens (tertiary/aromatic N) is 5. The number of methoxy groups -OCH3 is 1. The topological polar surface area (TPSA) is 99.3 Å². The van der Waals surface area contributed by atoms with Crippen molar-refractivity contribution in [1.29, 1.82) is 0 Å². The Morgan fingerprint density at radius 3 is 2.84 bits per heavy atom. The highest BCUT2D eigenvalue weighted by molar-refractivity contribution is 6.18. The third-order valence-corrected chi connectivity index (χ3v) is 5.89. The molecule has 0 fully saturated rings. The predicted molar refractivity (Wildman–Crippen MR) is 120 cm³/mol. The molecule has 0 radical (unpaired) electrons. The van der Waals surface area contributed by atoms with Gasteiger partial charge in [-0.1, -0.05) is 0 Å². The number of H-pyrrole nitrogens is 1. The molecule has 4 heterocycles. The van der Waals surface area contributed by atoms with Crippen LogP contribution >= 0.6 is 11.6 Å². The van der Waals surface area contributed by atoms with Gasteiger partial charge in [-0.3, -0.25) is 15.3 Å². The van der Waals surface area contributed by atoms with Crippen molar-refractivity contribution in [2.45, 2.75) is 20.3 Å². The maximum Gasteiger partial charge on any atom is 0.328 e. The minimum absolute atomic E-state index is 0.245. The van der Waals surface area contributed by atoms with Crippen LogP contribution < -0.4 is 19.9 Å². The number of halogens is 1. The number of ether oxygens (including phenoxy) is 1.